The molecule has 6 heteroatoms. The Balaban J connectivity index is 2.11. The monoisotopic (exact) mass is 319 g/mol. The van der Waals surface area contributed by atoms with Gasteiger partial charge in [-0.2, -0.15) is 13.2 Å². The zero-order valence-electron chi connectivity index (χ0n) is 10.1. The smallest absolute Gasteiger partial charge is 0.381 e. The second-order valence-corrected chi connectivity index (χ2v) is 5.01. The molecular formula is C14H10Cl2F3N. The molecule has 0 unspecified atom stereocenters. The lowest BCUT2D eigenvalue weighted by Gasteiger charge is -2.11. The van der Waals surface area contributed by atoms with E-state index in [0.717, 1.165) is 17.7 Å². The predicted molar refractivity (Wildman–Crippen MR) is 75.2 cm³/mol. The summed E-state index contributed by atoms with van der Waals surface area (Å²) in [7, 11) is 0. The number of anilines is 1. The van der Waals surface area contributed by atoms with Crippen molar-refractivity contribution in [3.63, 3.8) is 0 Å². The van der Waals surface area contributed by atoms with Gasteiger partial charge in [-0.05, 0) is 35.9 Å². The summed E-state index contributed by atoms with van der Waals surface area (Å²) in [5, 5.41) is 3.89. The lowest BCUT2D eigenvalue weighted by atomic mass is 10.1. The number of benzene rings is 2. The molecule has 106 valence electrons. The van der Waals surface area contributed by atoms with E-state index in [0.29, 0.717) is 22.3 Å². The van der Waals surface area contributed by atoms with Crippen LogP contribution in [0.15, 0.2) is 42.5 Å². The predicted octanol–water partition coefficient (Wildman–Crippen LogP) is 5.62. The lowest BCUT2D eigenvalue weighted by Crippen LogP contribution is -2.06. The molecule has 1 nitrogen and oxygen atoms in total. The van der Waals surface area contributed by atoms with Crippen LogP contribution >= 0.6 is 23.2 Å². The molecule has 0 heterocycles. The van der Waals surface area contributed by atoms with E-state index in [1.54, 1.807) is 24.3 Å². The third kappa shape index (κ3) is 3.81. The summed E-state index contributed by atoms with van der Waals surface area (Å²) >= 11 is 11.8. The van der Waals surface area contributed by atoms with Crippen molar-refractivity contribution in [2.75, 3.05) is 5.32 Å². The molecule has 0 aliphatic carbocycles. The summed E-state index contributed by atoms with van der Waals surface area (Å²) in [6.45, 7) is 0.317. The van der Waals surface area contributed by atoms with E-state index in [4.69, 9.17) is 23.2 Å². The first-order valence-electron chi connectivity index (χ1n) is 5.71. The average Bonchev–Trinajstić information content (AvgIpc) is 2.37. The van der Waals surface area contributed by atoms with Gasteiger partial charge in [0, 0.05) is 22.3 Å². The van der Waals surface area contributed by atoms with E-state index in [-0.39, 0.29) is 0 Å². The zero-order chi connectivity index (χ0) is 14.8. The average molecular weight is 320 g/mol. The van der Waals surface area contributed by atoms with E-state index in [9.17, 15) is 13.2 Å². The largest absolute Gasteiger partial charge is 0.416 e. The van der Waals surface area contributed by atoms with Crippen LogP contribution < -0.4 is 5.32 Å². The fraction of sp³-hybridized carbons (Fsp3) is 0.143. The van der Waals surface area contributed by atoms with Gasteiger partial charge in [-0.3, -0.25) is 0 Å². The number of hydrogen-bond acceptors (Lipinski definition) is 1. The standard InChI is InChI=1S/C14H10Cl2F3N/c15-11-5-4-9(13(16)7-11)8-20-12-3-1-2-10(6-12)14(17,18)19/h1-7,20H,8H2. The highest BCUT2D eigenvalue weighted by Crippen LogP contribution is 2.31. The van der Waals surface area contributed by atoms with E-state index in [1.807, 2.05) is 0 Å². The van der Waals surface area contributed by atoms with Crippen molar-refractivity contribution < 1.29 is 13.2 Å². The van der Waals surface area contributed by atoms with E-state index < -0.39 is 11.7 Å². The van der Waals surface area contributed by atoms with Gasteiger partial charge in [-0.1, -0.05) is 35.3 Å². The van der Waals surface area contributed by atoms with Gasteiger partial charge < -0.3 is 5.32 Å². The zero-order valence-corrected chi connectivity index (χ0v) is 11.7. The van der Waals surface area contributed by atoms with E-state index >= 15 is 0 Å². The molecule has 0 aromatic heterocycles. The minimum absolute atomic E-state index is 0.317. The topological polar surface area (TPSA) is 12.0 Å². The van der Waals surface area contributed by atoms with Crippen LogP contribution in [0, 0.1) is 0 Å². The third-order valence-electron chi connectivity index (χ3n) is 2.69. The molecule has 2 rings (SSSR count). The summed E-state index contributed by atoms with van der Waals surface area (Å²) < 4.78 is 37.7. The molecule has 20 heavy (non-hydrogen) atoms. The fourth-order valence-corrected chi connectivity index (χ4v) is 2.14. The second kappa shape index (κ2) is 5.94. The third-order valence-corrected chi connectivity index (χ3v) is 3.27. The minimum atomic E-state index is -4.35. The normalized spacial score (nSPS) is 11.4. The summed E-state index contributed by atoms with van der Waals surface area (Å²) in [6.07, 6.45) is -4.35. The lowest BCUT2D eigenvalue weighted by molar-refractivity contribution is -0.137. The number of rotatable bonds is 3. The number of hydrogen-bond donors (Lipinski definition) is 1. The van der Waals surface area contributed by atoms with Crippen molar-refractivity contribution in [1.82, 2.24) is 0 Å². The van der Waals surface area contributed by atoms with Gasteiger partial charge in [0.15, 0.2) is 0 Å². The maximum atomic E-state index is 12.6. The van der Waals surface area contributed by atoms with Crippen LogP contribution in [-0.4, -0.2) is 0 Å². The van der Waals surface area contributed by atoms with Crippen LogP contribution in [0.2, 0.25) is 10.0 Å². The Labute approximate surface area is 124 Å². The Morgan fingerprint density at radius 2 is 1.75 bits per heavy atom. The first-order valence-corrected chi connectivity index (χ1v) is 6.47. The van der Waals surface area contributed by atoms with Crippen molar-refractivity contribution in [3.8, 4) is 0 Å². The van der Waals surface area contributed by atoms with Crippen molar-refractivity contribution in [2.45, 2.75) is 12.7 Å². The molecule has 0 bridgehead atoms. The maximum Gasteiger partial charge on any atom is 0.416 e. The Morgan fingerprint density at radius 3 is 2.40 bits per heavy atom. The van der Waals surface area contributed by atoms with Crippen LogP contribution in [-0.2, 0) is 12.7 Å². The van der Waals surface area contributed by atoms with Crippen LogP contribution in [0.1, 0.15) is 11.1 Å². The fourth-order valence-electron chi connectivity index (χ4n) is 1.67. The second-order valence-electron chi connectivity index (χ2n) is 4.17. The van der Waals surface area contributed by atoms with Gasteiger partial charge in [0.2, 0.25) is 0 Å². The van der Waals surface area contributed by atoms with Crippen molar-refractivity contribution in [1.29, 1.82) is 0 Å². The summed E-state index contributed by atoms with van der Waals surface area (Å²) in [6, 6.07) is 10.0. The molecular weight excluding hydrogens is 310 g/mol. The summed E-state index contributed by atoms with van der Waals surface area (Å²) in [5.41, 5.74) is 0.448. The molecule has 0 aliphatic heterocycles. The Morgan fingerprint density at radius 1 is 1.00 bits per heavy atom. The van der Waals surface area contributed by atoms with Gasteiger partial charge in [-0.15, -0.1) is 0 Å². The number of halogens is 5. The quantitative estimate of drug-likeness (QED) is 0.773. The molecule has 0 fully saturated rings. The minimum Gasteiger partial charge on any atom is -0.381 e. The first kappa shape index (κ1) is 15.0. The van der Waals surface area contributed by atoms with Gasteiger partial charge >= 0.3 is 6.18 Å². The van der Waals surface area contributed by atoms with Crippen LogP contribution in [0.5, 0.6) is 0 Å². The summed E-state index contributed by atoms with van der Waals surface area (Å²) in [4.78, 5) is 0. The molecule has 1 N–H and O–H groups in total. The van der Waals surface area contributed by atoms with Crippen molar-refractivity contribution >= 4 is 28.9 Å². The highest BCUT2D eigenvalue weighted by Gasteiger charge is 2.30. The molecule has 2 aromatic rings. The highest BCUT2D eigenvalue weighted by molar-refractivity contribution is 6.35. The van der Waals surface area contributed by atoms with Crippen LogP contribution in [0.25, 0.3) is 0 Å². The van der Waals surface area contributed by atoms with Crippen molar-refractivity contribution in [2.24, 2.45) is 0 Å². The van der Waals surface area contributed by atoms with Crippen LogP contribution in [0.3, 0.4) is 0 Å². The molecule has 0 aliphatic rings. The Hall–Kier alpha value is -1.39. The highest BCUT2D eigenvalue weighted by atomic mass is 35.5. The number of nitrogens with one attached hydrogen (secondary N) is 1. The molecule has 0 saturated heterocycles. The van der Waals surface area contributed by atoms with Gasteiger partial charge in [0.05, 0.1) is 5.56 Å². The molecule has 0 saturated carbocycles. The number of alkyl halides is 3. The van der Waals surface area contributed by atoms with Crippen molar-refractivity contribution in [3.05, 3.63) is 63.6 Å². The maximum absolute atomic E-state index is 12.6. The molecule has 0 atom stereocenters. The SMILES string of the molecule is FC(F)(F)c1cccc(NCc2ccc(Cl)cc2Cl)c1. The molecule has 0 amide bonds. The van der Waals surface area contributed by atoms with E-state index in [1.165, 1.54) is 6.07 Å². The molecule has 0 radical (unpaired) electrons. The summed E-state index contributed by atoms with van der Waals surface area (Å²) in [5.74, 6) is 0. The van der Waals surface area contributed by atoms with Gasteiger partial charge in [-0.25, -0.2) is 0 Å². The van der Waals surface area contributed by atoms with Gasteiger partial charge in [0.25, 0.3) is 0 Å². The Kier molecular flexibility index (Phi) is 4.45. The van der Waals surface area contributed by atoms with Gasteiger partial charge in [0.1, 0.15) is 0 Å². The Bertz CT molecular complexity index is 612. The van der Waals surface area contributed by atoms with E-state index in [2.05, 4.69) is 5.32 Å². The molecule has 0 spiro atoms. The first-order chi connectivity index (χ1) is 9.36. The molecule has 2 aromatic carbocycles. The van der Waals surface area contributed by atoms with Crippen LogP contribution in [0.4, 0.5) is 18.9 Å².